The summed E-state index contributed by atoms with van der Waals surface area (Å²) in [6.45, 7) is 6.51. The summed E-state index contributed by atoms with van der Waals surface area (Å²) < 4.78 is 5.48. The molecule has 4 heteroatoms. The van der Waals surface area contributed by atoms with Crippen LogP contribution in [0.4, 0.5) is 0 Å². The van der Waals surface area contributed by atoms with E-state index in [0.29, 0.717) is 5.75 Å². The van der Waals surface area contributed by atoms with Crippen LogP contribution in [-0.4, -0.2) is 12.5 Å². The summed E-state index contributed by atoms with van der Waals surface area (Å²) in [4.78, 5) is 11.7. The highest BCUT2D eigenvalue weighted by Gasteiger charge is 2.13. The molecule has 21 heavy (non-hydrogen) atoms. The van der Waals surface area contributed by atoms with E-state index in [0.717, 1.165) is 25.0 Å². The van der Waals surface area contributed by atoms with Gasteiger partial charge in [0.25, 0.3) is 5.91 Å². The van der Waals surface area contributed by atoms with Crippen LogP contribution >= 0.6 is 0 Å². The SMILES string of the molecule is CC(C)(C)c1ccc(OCC(=O)NNC2=CCCC2)cc1. The number of nitrogens with one attached hydrogen (secondary N) is 2. The number of carbonyl (C=O) groups is 1. The van der Waals surface area contributed by atoms with E-state index in [-0.39, 0.29) is 17.9 Å². The lowest BCUT2D eigenvalue weighted by Gasteiger charge is -2.19. The minimum atomic E-state index is -0.178. The highest BCUT2D eigenvalue weighted by Crippen LogP contribution is 2.24. The van der Waals surface area contributed by atoms with Crippen LogP contribution in [0.1, 0.15) is 45.6 Å². The number of hydrogen-bond acceptors (Lipinski definition) is 3. The van der Waals surface area contributed by atoms with Crippen molar-refractivity contribution in [2.75, 3.05) is 6.61 Å². The van der Waals surface area contributed by atoms with E-state index >= 15 is 0 Å². The average Bonchev–Trinajstić information content (AvgIpc) is 2.95. The summed E-state index contributed by atoms with van der Waals surface area (Å²) in [5.41, 5.74) is 8.02. The zero-order chi connectivity index (χ0) is 15.3. The molecule has 0 aliphatic heterocycles. The number of allylic oxidation sites excluding steroid dienone is 2. The summed E-state index contributed by atoms with van der Waals surface area (Å²) >= 11 is 0. The third-order valence-electron chi connectivity index (χ3n) is 3.49. The Morgan fingerprint density at radius 1 is 1.24 bits per heavy atom. The van der Waals surface area contributed by atoms with Crippen LogP contribution in [0, 0.1) is 0 Å². The van der Waals surface area contributed by atoms with Gasteiger partial charge in [0.15, 0.2) is 6.61 Å². The molecule has 0 bridgehead atoms. The van der Waals surface area contributed by atoms with E-state index in [2.05, 4.69) is 37.7 Å². The number of hydrazine groups is 1. The first-order chi connectivity index (χ1) is 9.95. The quantitative estimate of drug-likeness (QED) is 0.819. The van der Waals surface area contributed by atoms with Crippen LogP contribution in [0.2, 0.25) is 0 Å². The number of benzene rings is 1. The fourth-order valence-corrected chi connectivity index (χ4v) is 2.17. The van der Waals surface area contributed by atoms with Crippen LogP contribution in [0.15, 0.2) is 36.0 Å². The summed E-state index contributed by atoms with van der Waals surface area (Å²) in [6.07, 6.45) is 5.32. The molecular weight excluding hydrogens is 264 g/mol. The van der Waals surface area contributed by atoms with E-state index in [9.17, 15) is 4.79 Å². The molecule has 1 aliphatic rings. The molecule has 0 unspecified atom stereocenters. The zero-order valence-electron chi connectivity index (χ0n) is 13.0. The van der Waals surface area contributed by atoms with E-state index in [1.165, 1.54) is 5.56 Å². The van der Waals surface area contributed by atoms with Crippen LogP contribution in [0.25, 0.3) is 0 Å². The lowest BCUT2D eigenvalue weighted by atomic mass is 9.87. The molecule has 0 spiro atoms. The first-order valence-corrected chi connectivity index (χ1v) is 7.42. The highest BCUT2D eigenvalue weighted by molar-refractivity contribution is 5.77. The molecule has 1 aliphatic carbocycles. The number of rotatable bonds is 5. The molecular formula is C17H24N2O2. The Hall–Kier alpha value is -1.97. The van der Waals surface area contributed by atoms with Gasteiger partial charge in [-0.2, -0.15) is 0 Å². The molecule has 0 aromatic heterocycles. The van der Waals surface area contributed by atoms with Gasteiger partial charge in [-0.25, -0.2) is 0 Å². The van der Waals surface area contributed by atoms with Crippen LogP contribution in [0.5, 0.6) is 5.75 Å². The fourth-order valence-electron chi connectivity index (χ4n) is 2.17. The average molecular weight is 288 g/mol. The Morgan fingerprint density at radius 3 is 2.52 bits per heavy atom. The van der Waals surface area contributed by atoms with Gasteiger partial charge in [-0.3, -0.25) is 10.2 Å². The molecule has 1 amide bonds. The standard InChI is InChI=1S/C17H24N2O2/c1-17(2,3)13-8-10-15(11-9-13)21-12-16(20)19-18-14-6-4-5-7-14/h6,8-11,18H,4-5,7,12H2,1-3H3,(H,19,20). The van der Waals surface area contributed by atoms with E-state index in [1.807, 2.05) is 24.3 Å². The predicted octanol–water partition coefficient (Wildman–Crippen LogP) is 3.05. The molecule has 1 aromatic carbocycles. The summed E-state index contributed by atoms with van der Waals surface area (Å²) in [5, 5.41) is 0. The molecule has 4 nitrogen and oxygen atoms in total. The van der Waals surface area contributed by atoms with Gasteiger partial charge >= 0.3 is 0 Å². The molecule has 0 saturated heterocycles. The molecule has 1 aromatic rings. The third kappa shape index (κ3) is 4.81. The Labute approximate surface area is 126 Å². The van der Waals surface area contributed by atoms with Crippen molar-refractivity contribution in [1.29, 1.82) is 0 Å². The summed E-state index contributed by atoms with van der Waals surface area (Å²) in [7, 11) is 0. The van der Waals surface area contributed by atoms with Crippen molar-refractivity contribution in [3.8, 4) is 5.75 Å². The van der Waals surface area contributed by atoms with Crippen LogP contribution < -0.4 is 15.6 Å². The molecule has 0 fully saturated rings. The Balaban J connectivity index is 1.75. The largest absolute Gasteiger partial charge is 0.484 e. The first-order valence-electron chi connectivity index (χ1n) is 7.42. The maximum Gasteiger partial charge on any atom is 0.276 e. The van der Waals surface area contributed by atoms with Crippen molar-refractivity contribution in [2.45, 2.75) is 45.4 Å². The molecule has 114 valence electrons. The molecule has 0 radical (unpaired) electrons. The smallest absolute Gasteiger partial charge is 0.276 e. The zero-order valence-corrected chi connectivity index (χ0v) is 13.0. The van der Waals surface area contributed by atoms with Gasteiger partial charge in [0.2, 0.25) is 0 Å². The second-order valence-corrected chi connectivity index (χ2v) is 6.36. The predicted molar refractivity (Wildman–Crippen MR) is 83.8 cm³/mol. The topological polar surface area (TPSA) is 50.4 Å². The molecule has 2 rings (SSSR count). The van der Waals surface area contributed by atoms with E-state index < -0.39 is 0 Å². The number of hydrogen-bond donors (Lipinski definition) is 2. The Bertz CT molecular complexity index is 513. The van der Waals surface area contributed by atoms with Gasteiger partial charge < -0.3 is 10.2 Å². The van der Waals surface area contributed by atoms with Gasteiger partial charge in [-0.05, 0) is 42.4 Å². The van der Waals surface area contributed by atoms with Gasteiger partial charge in [0.1, 0.15) is 5.75 Å². The minimum absolute atomic E-state index is 0.00907. The maximum absolute atomic E-state index is 11.7. The van der Waals surface area contributed by atoms with Gasteiger partial charge in [-0.15, -0.1) is 0 Å². The lowest BCUT2D eigenvalue weighted by molar-refractivity contribution is -0.123. The van der Waals surface area contributed by atoms with Crippen LogP contribution in [0.3, 0.4) is 0 Å². The molecule has 2 N–H and O–H groups in total. The number of ether oxygens (including phenoxy) is 1. The Morgan fingerprint density at radius 2 is 1.95 bits per heavy atom. The Kier molecular flexibility index (Phi) is 4.89. The number of carbonyl (C=O) groups excluding carboxylic acids is 1. The first kappa shape index (κ1) is 15.4. The van der Waals surface area contributed by atoms with Crippen LogP contribution in [-0.2, 0) is 10.2 Å². The lowest BCUT2D eigenvalue weighted by Crippen LogP contribution is -2.39. The highest BCUT2D eigenvalue weighted by atomic mass is 16.5. The summed E-state index contributed by atoms with van der Waals surface area (Å²) in [5.74, 6) is 0.529. The van der Waals surface area contributed by atoms with E-state index in [1.54, 1.807) is 0 Å². The second-order valence-electron chi connectivity index (χ2n) is 6.36. The minimum Gasteiger partial charge on any atom is -0.484 e. The molecule has 0 heterocycles. The van der Waals surface area contributed by atoms with Crippen molar-refractivity contribution in [2.24, 2.45) is 0 Å². The van der Waals surface area contributed by atoms with Gasteiger partial charge in [-0.1, -0.05) is 39.0 Å². The monoisotopic (exact) mass is 288 g/mol. The van der Waals surface area contributed by atoms with Crippen molar-refractivity contribution in [3.63, 3.8) is 0 Å². The van der Waals surface area contributed by atoms with E-state index in [4.69, 9.17) is 4.74 Å². The van der Waals surface area contributed by atoms with Gasteiger partial charge in [0.05, 0.1) is 0 Å². The summed E-state index contributed by atoms with van der Waals surface area (Å²) in [6, 6.07) is 7.88. The van der Waals surface area contributed by atoms with Gasteiger partial charge in [0, 0.05) is 5.70 Å². The van der Waals surface area contributed by atoms with Crippen molar-refractivity contribution in [1.82, 2.24) is 10.9 Å². The van der Waals surface area contributed by atoms with Crippen molar-refractivity contribution < 1.29 is 9.53 Å². The third-order valence-corrected chi connectivity index (χ3v) is 3.49. The number of amides is 1. The fraction of sp³-hybridized carbons (Fsp3) is 0.471. The van der Waals surface area contributed by atoms with Crippen molar-refractivity contribution >= 4 is 5.91 Å². The second kappa shape index (κ2) is 6.66. The maximum atomic E-state index is 11.7. The normalized spacial score (nSPS) is 14.5. The molecule has 0 atom stereocenters. The van der Waals surface area contributed by atoms with Crippen molar-refractivity contribution in [3.05, 3.63) is 41.6 Å². The molecule has 0 saturated carbocycles.